The van der Waals surface area contributed by atoms with Crippen molar-refractivity contribution in [2.24, 2.45) is 0 Å². The summed E-state index contributed by atoms with van der Waals surface area (Å²) in [5.74, 6) is 0.00753. The van der Waals surface area contributed by atoms with Crippen LogP contribution in [0.15, 0.2) is 24.3 Å². The molecule has 0 atom stereocenters. The lowest BCUT2D eigenvalue weighted by Crippen LogP contribution is -2.26. The minimum absolute atomic E-state index is 0.00753. The summed E-state index contributed by atoms with van der Waals surface area (Å²) < 4.78 is 0. The molecule has 0 heterocycles. The molecular formula is C13H21N3O. The first-order valence-corrected chi connectivity index (χ1v) is 5.80. The summed E-state index contributed by atoms with van der Waals surface area (Å²) >= 11 is 0. The SMILES string of the molecule is CC(=O)NCCNc1ccc(CN(C)C)cc1. The molecule has 94 valence electrons. The van der Waals surface area contributed by atoms with Crippen molar-refractivity contribution >= 4 is 11.6 Å². The van der Waals surface area contributed by atoms with Crippen molar-refractivity contribution < 1.29 is 4.79 Å². The monoisotopic (exact) mass is 235 g/mol. The third kappa shape index (κ3) is 5.92. The normalized spacial score (nSPS) is 10.4. The summed E-state index contributed by atoms with van der Waals surface area (Å²) in [5.41, 5.74) is 2.38. The maximum absolute atomic E-state index is 10.7. The summed E-state index contributed by atoms with van der Waals surface area (Å²) in [7, 11) is 4.11. The lowest BCUT2D eigenvalue weighted by Gasteiger charge is -2.11. The first kappa shape index (κ1) is 13.5. The molecule has 0 fully saturated rings. The Kier molecular flexibility index (Phi) is 5.49. The molecular weight excluding hydrogens is 214 g/mol. The van der Waals surface area contributed by atoms with Crippen LogP contribution in [0.3, 0.4) is 0 Å². The van der Waals surface area contributed by atoms with E-state index in [0.717, 1.165) is 18.8 Å². The van der Waals surface area contributed by atoms with Crippen molar-refractivity contribution in [3.8, 4) is 0 Å². The molecule has 0 aliphatic rings. The van der Waals surface area contributed by atoms with E-state index in [1.807, 2.05) is 0 Å². The second kappa shape index (κ2) is 6.91. The Bertz CT molecular complexity index is 346. The van der Waals surface area contributed by atoms with Crippen LogP contribution in [0.4, 0.5) is 5.69 Å². The zero-order valence-corrected chi connectivity index (χ0v) is 10.8. The van der Waals surface area contributed by atoms with E-state index in [1.165, 1.54) is 12.5 Å². The van der Waals surface area contributed by atoms with Gasteiger partial charge in [-0.15, -0.1) is 0 Å². The van der Waals surface area contributed by atoms with Crippen molar-refractivity contribution in [3.05, 3.63) is 29.8 Å². The van der Waals surface area contributed by atoms with Gasteiger partial charge in [0.05, 0.1) is 0 Å². The van der Waals surface area contributed by atoms with Crippen molar-refractivity contribution in [2.75, 3.05) is 32.5 Å². The second-order valence-electron chi connectivity index (χ2n) is 4.34. The van der Waals surface area contributed by atoms with Gasteiger partial charge >= 0.3 is 0 Å². The highest BCUT2D eigenvalue weighted by molar-refractivity contribution is 5.72. The Morgan fingerprint density at radius 1 is 1.18 bits per heavy atom. The van der Waals surface area contributed by atoms with Gasteiger partial charge in [-0.25, -0.2) is 0 Å². The Hall–Kier alpha value is -1.55. The van der Waals surface area contributed by atoms with E-state index in [2.05, 4.69) is 53.9 Å². The summed E-state index contributed by atoms with van der Waals surface area (Å²) in [5, 5.41) is 6.00. The molecule has 1 aromatic rings. The topological polar surface area (TPSA) is 44.4 Å². The Morgan fingerprint density at radius 3 is 2.35 bits per heavy atom. The van der Waals surface area contributed by atoms with Crippen molar-refractivity contribution in [2.45, 2.75) is 13.5 Å². The average Bonchev–Trinajstić information content (AvgIpc) is 2.25. The highest BCUT2D eigenvalue weighted by Crippen LogP contribution is 2.09. The number of nitrogens with zero attached hydrogens (tertiary/aromatic N) is 1. The van der Waals surface area contributed by atoms with Gasteiger partial charge < -0.3 is 15.5 Å². The smallest absolute Gasteiger partial charge is 0.216 e. The first-order valence-electron chi connectivity index (χ1n) is 5.80. The molecule has 0 saturated heterocycles. The van der Waals surface area contributed by atoms with Gasteiger partial charge in [-0.2, -0.15) is 0 Å². The Labute approximate surface area is 103 Å². The summed E-state index contributed by atoms with van der Waals surface area (Å²) in [4.78, 5) is 12.8. The summed E-state index contributed by atoms with van der Waals surface area (Å²) in [6.07, 6.45) is 0. The standard InChI is InChI=1S/C13H21N3O/c1-11(17)14-8-9-15-13-6-4-12(5-7-13)10-16(2)3/h4-7,15H,8-10H2,1-3H3,(H,14,17). The number of carbonyl (C=O) groups is 1. The van der Waals surface area contributed by atoms with E-state index in [1.54, 1.807) is 0 Å². The average molecular weight is 235 g/mol. The molecule has 1 aromatic carbocycles. The Balaban J connectivity index is 2.32. The zero-order valence-electron chi connectivity index (χ0n) is 10.8. The fraction of sp³-hybridized carbons (Fsp3) is 0.462. The van der Waals surface area contributed by atoms with E-state index in [9.17, 15) is 4.79 Å². The van der Waals surface area contributed by atoms with Gasteiger partial charge in [0.15, 0.2) is 0 Å². The highest BCUT2D eigenvalue weighted by Gasteiger charge is 1.96. The van der Waals surface area contributed by atoms with Gasteiger partial charge in [0.25, 0.3) is 0 Å². The molecule has 4 heteroatoms. The van der Waals surface area contributed by atoms with Gasteiger partial charge in [0.2, 0.25) is 5.91 Å². The maximum atomic E-state index is 10.7. The molecule has 1 rings (SSSR count). The number of nitrogens with one attached hydrogen (secondary N) is 2. The molecule has 0 aromatic heterocycles. The van der Waals surface area contributed by atoms with Crippen LogP contribution in [0.25, 0.3) is 0 Å². The van der Waals surface area contributed by atoms with E-state index < -0.39 is 0 Å². The van der Waals surface area contributed by atoms with Crippen LogP contribution in [0.2, 0.25) is 0 Å². The van der Waals surface area contributed by atoms with E-state index in [-0.39, 0.29) is 5.91 Å². The number of anilines is 1. The van der Waals surface area contributed by atoms with Crippen molar-refractivity contribution in [3.63, 3.8) is 0 Å². The van der Waals surface area contributed by atoms with Gasteiger partial charge in [0, 0.05) is 32.2 Å². The predicted octanol–water partition coefficient (Wildman–Crippen LogP) is 1.30. The maximum Gasteiger partial charge on any atom is 0.216 e. The number of amides is 1. The molecule has 0 unspecified atom stereocenters. The third-order valence-electron chi connectivity index (χ3n) is 2.28. The lowest BCUT2D eigenvalue weighted by atomic mass is 10.2. The molecule has 0 saturated carbocycles. The largest absolute Gasteiger partial charge is 0.383 e. The van der Waals surface area contributed by atoms with Gasteiger partial charge in [-0.1, -0.05) is 12.1 Å². The van der Waals surface area contributed by atoms with Crippen LogP contribution >= 0.6 is 0 Å². The van der Waals surface area contributed by atoms with E-state index in [4.69, 9.17) is 0 Å². The third-order valence-corrected chi connectivity index (χ3v) is 2.28. The fourth-order valence-corrected chi connectivity index (χ4v) is 1.54. The molecule has 0 aliphatic heterocycles. The van der Waals surface area contributed by atoms with Crippen molar-refractivity contribution in [1.82, 2.24) is 10.2 Å². The predicted molar refractivity (Wildman–Crippen MR) is 71.0 cm³/mol. The first-order chi connectivity index (χ1) is 8.08. The number of carbonyl (C=O) groups excluding carboxylic acids is 1. The Morgan fingerprint density at radius 2 is 1.82 bits per heavy atom. The van der Waals surface area contributed by atoms with Crippen LogP contribution < -0.4 is 10.6 Å². The molecule has 0 radical (unpaired) electrons. The van der Waals surface area contributed by atoms with Gasteiger partial charge in [-0.05, 0) is 31.8 Å². The summed E-state index contributed by atoms with van der Waals surface area (Å²) in [6.45, 7) is 3.86. The number of rotatable bonds is 6. The molecule has 0 bridgehead atoms. The molecule has 0 aliphatic carbocycles. The van der Waals surface area contributed by atoms with Crippen LogP contribution in [-0.2, 0) is 11.3 Å². The van der Waals surface area contributed by atoms with Gasteiger partial charge in [-0.3, -0.25) is 4.79 Å². The minimum atomic E-state index is 0.00753. The number of hydrogen-bond acceptors (Lipinski definition) is 3. The van der Waals surface area contributed by atoms with E-state index >= 15 is 0 Å². The molecule has 2 N–H and O–H groups in total. The quantitative estimate of drug-likeness (QED) is 0.730. The molecule has 4 nitrogen and oxygen atoms in total. The molecule has 1 amide bonds. The van der Waals surface area contributed by atoms with E-state index in [0.29, 0.717) is 6.54 Å². The van der Waals surface area contributed by atoms with Crippen LogP contribution in [-0.4, -0.2) is 38.0 Å². The van der Waals surface area contributed by atoms with Crippen LogP contribution in [0, 0.1) is 0 Å². The lowest BCUT2D eigenvalue weighted by molar-refractivity contribution is -0.118. The number of hydrogen-bond donors (Lipinski definition) is 2. The summed E-state index contributed by atoms with van der Waals surface area (Å²) in [6, 6.07) is 8.35. The van der Waals surface area contributed by atoms with Crippen LogP contribution in [0.1, 0.15) is 12.5 Å². The number of benzene rings is 1. The van der Waals surface area contributed by atoms with Crippen LogP contribution in [0.5, 0.6) is 0 Å². The molecule has 17 heavy (non-hydrogen) atoms. The van der Waals surface area contributed by atoms with Crippen molar-refractivity contribution in [1.29, 1.82) is 0 Å². The highest BCUT2D eigenvalue weighted by atomic mass is 16.1. The second-order valence-corrected chi connectivity index (χ2v) is 4.34. The fourth-order valence-electron chi connectivity index (χ4n) is 1.54. The molecule has 0 spiro atoms. The zero-order chi connectivity index (χ0) is 12.7. The minimum Gasteiger partial charge on any atom is -0.383 e. The van der Waals surface area contributed by atoms with Gasteiger partial charge in [0.1, 0.15) is 0 Å².